The fourth-order valence-electron chi connectivity index (χ4n) is 3.45. The van der Waals surface area contributed by atoms with Crippen molar-refractivity contribution in [3.8, 4) is 11.5 Å². The highest BCUT2D eigenvalue weighted by atomic mass is 19.1. The van der Waals surface area contributed by atoms with E-state index in [0.717, 1.165) is 43.9 Å². The Morgan fingerprint density at radius 2 is 1.57 bits per heavy atom. The van der Waals surface area contributed by atoms with E-state index in [1.165, 1.54) is 12.1 Å². The summed E-state index contributed by atoms with van der Waals surface area (Å²) in [6.07, 6.45) is 1.16. The van der Waals surface area contributed by atoms with E-state index in [1.807, 2.05) is 35.2 Å². The fraction of sp³-hybridized carbons (Fsp3) is 0.409. The van der Waals surface area contributed by atoms with Gasteiger partial charge in [0.05, 0.1) is 14.2 Å². The van der Waals surface area contributed by atoms with Gasteiger partial charge in [0.15, 0.2) is 11.5 Å². The second-order valence-corrected chi connectivity index (χ2v) is 6.97. The average molecular weight is 386 g/mol. The highest BCUT2D eigenvalue weighted by molar-refractivity contribution is 5.76. The van der Waals surface area contributed by atoms with E-state index < -0.39 is 0 Å². The van der Waals surface area contributed by atoms with E-state index in [-0.39, 0.29) is 11.7 Å². The van der Waals surface area contributed by atoms with Crippen LogP contribution < -0.4 is 9.47 Å². The first-order valence-electron chi connectivity index (χ1n) is 9.54. The molecule has 0 aromatic heterocycles. The lowest BCUT2D eigenvalue weighted by molar-refractivity contribution is -0.133. The number of aryl methyl sites for hydroxylation is 1. The Kier molecular flexibility index (Phi) is 6.87. The molecule has 150 valence electrons. The summed E-state index contributed by atoms with van der Waals surface area (Å²) in [7, 11) is 3.22. The summed E-state index contributed by atoms with van der Waals surface area (Å²) in [4.78, 5) is 16.8. The Morgan fingerprint density at radius 3 is 2.21 bits per heavy atom. The molecule has 0 N–H and O–H groups in total. The van der Waals surface area contributed by atoms with Crippen molar-refractivity contribution in [1.29, 1.82) is 0 Å². The van der Waals surface area contributed by atoms with Gasteiger partial charge in [-0.3, -0.25) is 9.69 Å². The third-order valence-electron chi connectivity index (χ3n) is 5.12. The van der Waals surface area contributed by atoms with Crippen LogP contribution in [-0.4, -0.2) is 56.1 Å². The van der Waals surface area contributed by atoms with Crippen LogP contribution in [0.4, 0.5) is 4.39 Å². The molecular weight excluding hydrogens is 359 g/mol. The van der Waals surface area contributed by atoms with Crippen molar-refractivity contribution in [2.45, 2.75) is 19.4 Å². The molecule has 0 radical (unpaired) electrons. The quantitative estimate of drug-likeness (QED) is 0.733. The van der Waals surface area contributed by atoms with E-state index in [1.54, 1.807) is 14.2 Å². The van der Waals surface area contributed by atoms with Gasteiger partial charge in [-0.2, -0.15) is 0 Å². The lowest BCUT2D eigenvalue weighted by Gasteiger charge is -2.34. The molecular formula is C22H27FN2O3. The van der Waals surface area contributed by atoms with Gasteiger partial charge in [-0.1, -0.05) is 18.2 Å². The topological polar surface area (TPSA) is 42.0 Å². The standard InChI is InChI=1S/C22H27FN2O3/c1-27-20-9-5-17(15-21(20)28-2)6-10-22(26)25-13-11-24(12-14-25)16-18-3-7-19(23)8-4-18/h3-5,7-9,15H,6,10-14,16H2,1-2H3. The molecule has 28 heavy (non-hydrogen) atoms. The van der Waals surface area contributed by atoms with Gasteiger partial charge in [-0.25, -0.2) is 4.39 Å². The number of hydrogen-bond acceptors (Lipinski definition) is 4. The average Bonchev–Trinajstić information content (AvgIpc) is 2.74. The van der Waals surface area contributed by atoms with Crippen molar-refractivity contribution in [1.82, 2.24) is 9.80 Å². The summed E-state index contributed by atoms with van der Waals surface area (Å²) in [6.45, 7) is 3.91. The van der Waals surface area contributed by atoms with Crippen LogP contribution >= 0.6 is 0 Å². The summed E-state index contributed by atoms with van der Waals surface area (Å²) in [5.41, 5.74) is 2.15. The van der Waals surface area contributed by atoms with Gasteiger partial charge in [0, 0.05) is 39.1 Å². The molecule has 0 spiro atoms. The number of methoxy groups -OCH3 is 2. The summed E-state index contributed by atoms with van der Waals surface area (Å²) in [6, 6.07) is 12.4. The molecule has 1 aliphatic rings. The maximum atomic E-state index is 13.0. The molecule has 0 aliphatic carbocycles. The zero-order chi connectivity index (χ0) is 19.9. The van der Waals surface area contributed by atoms with Crippen LogP contribution in [-0.2, 0) is 17.8 Å². The molecule has 0 atom stereocenters. The van der Waals surface area contributed by atoms with Crippen LogP contribution in [0.25, 0.3) is 0 Å². The number of halogens is 1. The highest BCUT2D eigenvalue weighted by Gasteiger charge is 2.21. The molecule has 1 heterocycles. The number of nitrogens with zero attached hydrogens (tertiary/aromatic N) is 2. The van der Waals surface area contributed by atoms with Crippen LogP contribution in [0.15, 0.2) is 42.5 Å². The molecule has 1 aliphatic heterocycles. The third kappa shape index (κ3) is 5.23. The Labute approximate surface area is 165 Å². The molecule has 6 heteroatoms. The number of carbonyl (C=O) groups excluding carboxylic acids is 1. The van der Waals surface area contributed by atoms with Crippen molar-refractivity contribution in [2.75, 3.05) is 40.4 Å². The van der Waals surface area contributed by atoms with E-state index in [0.29, 0.717) is 24.3 Å². The highest BCUT2D eigenvalue weighted by Crippen LogP contribution is 2.28. The lowest BCUT2D eigenvalue weighted by atomic mass is 10.1. The summed E-state index contributed by atoms with van der Waals surface area (Å²) < 4.78 is 23.6. The molecule has 1 saturated heterocycles. The van der Waals surface area contributed by atoms with Crippen LogP contribution in [0.3, 0.4) is 0 Å². The molecule has 3 rings (SSSR count). The first-order chi connectivity index (χ1) is 13.6. The number of rotatable bonds is 7. The predicted octanol–water partition coefficient (Wildman–Crippen LogP) is 3.12. The second kappa shape index (κ2) is 9.55. The zero-order valence-electron chi connectivity index (χ0n) is 16.5. The Morgan fingerprint density at radius 1 is 0.929 bits per heavy atom. The molecule has 0 unspecified atom stereocenters. The Hall–Kier alpha value is -2.60. The second-order valence-electron chi connectivity index (χ2n) is 6.97. The van der Waals surface area contributed by atoms with Gasteiger partial charge in [0.1, 0.15) is 5.82 Å². The molecule has 2 aromatic rings. The Bertz CT molecular complexity index is 787. The predicted molar refractivity (Wildman–Crippen MR) is 106 cm³/mol. The number of amides is 1. The fourth-order valence-corrected chi connectivity index (χ4v) is 3.45. The number of hydrogen-bond donors (Lipinski definition) is 0. The van der Waals surface area contributed by atoms with E-state index in [4.69, 9.17) is 9.47 Å². The van der Waals surface area contributed by atoms with Gasteiger partial charge in [0.25, 0.3) is 0 Å². The molecule has 5 nitrogen and oxygen atoms in total. The zero-order valence-corrected chi connectivity index (χ0v) is 16.5. The van der Waals surface area contributed by atoms with Gasteiger partial charge >= 0.3 is 0 Å². The smallest absolute Gasteiger partial charge is 0.222 e. The minimum atomic E-state index is -0.214. The normalized spacial score (nSPS) is 14.8. The summed E-state index contributed by atoms with van der Waals surface area (Å²) >= 11 is 0. The third-order valence-corrected chi connectivity index (χ3v) is 5.12. The van der Waals surface area contributed by atoms with Gasteiger partial charge in [-0.15, -0.1) is 0 Å². The van der Waals surface area contributed by atoms with Crippen molar-refractivity contribution in [2.24, 2.45) is 0 Å². The van der Waals surface area contributed by atoms with Gasteiger partial charge < -0.3 is 14.4 Å². The number of benzene rings is 2. The Balaban J connectivity index is 1.45. The molecule has 1 amide bonds. The molecule has 1 fully saturated rings. The van der Waals surface area contributed by atoms with E-state index >= 15 is 0 Å². The van der Waals surface area contributed by atoms with Gasteiger partial charge in [-0.05, 0) is 41.8 Å². The molecule has 0 bridgehead atoms. The number of piperazine rings is 1. The van der Waals surface area contributed by atoms with E-state index in [2.05, 4.69) is 4.90 Å². The van der Waals surface area contributed by atoms with Crippen LogP contribution in [0.5, 0.6) is 11.5 Å². The number of carbonyl (C=O) groups is 1. The molecule has 0 saturated carbocycles. The first kappa shape index (κ1) is 20.1. The maximum absolute atomic E-state index is 13.0. The van der Waals surface area contributed by atoms with Crippen molar-refractivity contribution >= 4 is 5.91 Å². The first-order valence-corrected chi connectivity index (χ1v) is 9.54. The van der Waals surface area contributed by atoms with Crippen LogP contribution in [0.1, 0.15) is 17.5 Å². The van der Waals surface area contributed by atoms with Crippen molar-refractivity contribution in [3.63, 3.8) is 0 Å². The monoisotopic (exact) mass is 386 g/mol. The van der Waals surface area contributed by atoms with Crippen molar-refractivity contribution < 1.29 is 18.7 Å². The largest absolute Gasteiger partial charge is 0.493 e. The van der Waals surface area contributed by atoms with Crippen LogP contribution in [0, 0.1) is 5.82 Å². The van der Waals surface area contributed by atoms with E-state index in [9.17, 15) is 9.18 Å². The SMILES string of the molecule is COc1ccc(CCC(=O)N2CCN(Cc3ccc(F)cc3)CC2)cc1OC. The van der Waals surface area contributed by atoms with Crippen molar-refractivity contribution in [3.05, 3.63) is 59.4 Å². The van der Waals surface area contributed by atoms with Gasteiger partial charge in [0.2, 0.25) is 5.91 Å². The minimum absolute atomic E-state index is 0.177. The maximum Gasteiger partial charge on any atom is 0.222 e. The molecule has 2 aromatic carbocycles. The summed E-state index contributed by atoms with van der Waals surface area (Å²) in [5.74, 6) is 1.33. The lowest BCUT2D eigenvalue weighted by Crippen LogP contribution is -2.48. The van der Waals surface area contributed by atoms with Crippen LogP contribution in [0.2, 0.25) is 0 Å². The minimum Gasteiger partial charge on any atom is -0.493 e. The number of ether oxygens (including phenoxy) is 2. The summed E-state index contributed by atoms with van der Waals surface area (Å²) in [5, 5.41) is 0.